The Hall–Kier alpha value is -1.36. The number of carbonyl (C=O) groups excluding carboxylic acids is 1. The van der Waals surface area contributed by atoms with Crippen LogP contribution in [-0.4, -0.2) is 27.5 Å². The third kappa shape index (κ3) is 4.87. The van der Waals surface area contributed by atoms with E-state index in [1.54, 1.807) is 6.20 Å². The first-order chi connectivity index (χ1) is 8.29. The van der Waals surface area contributed by atoms with Crippen LogP contribution < -0.4 is 10.6 Å². The van der Waals surface area contributed by atoms with Crippen molar-refractivity contribution in [3.05, 3.63) is 18.2 Å². The number of hydrogen-bond acceptors (Lipinski definition) is 3. The summed E-state index contributed by atoms with van der Waals surface area (Å²) in [6, 6.07) is 0.146. The predicted molar refractivity (Wildman–Crippen MR) is 72.1 cm³/mol. The number of aryl methyl sites for hydroxylation is 1. The van der Waals surface area contributed by atoms with Gasteiger partial charge in [0.15, 0.2) is 0 Å². The number of hydrogen-bond donors (Lipinski definition) is 2. The SMILES string of the molecule is CC(NCCC(=O)NC(C)(C)C)c1nccn1C. The van der Waals surface area contributed by atoms with E-state index in [2.05, 4.69) is 15.6 Å². The zero-order valence-corrected chi connectivity index (χ0v) is 11.9. The van der Waals surface area contributed by atoms with Crippen LogP contribution in [-0.2, 0) is 11.8 Å². The molecule has 1 amide bonds. The zero-order valence-electron chi connectivity index (χ0n) is 11.9. The molecule has 1 unspecified atom stereocenters. The highest BCUT2D eigenvalue weighted by Crippen LogP contribution is 2.08. The van der Waals surface area contributed by atoms with E-state index in [1.807, 2.05) is 45.5 Å². The maximum Gasteiger partial charge on any atom is 0.221 e. The van der Waals surface area contributed by atoms with E-state index >= 15 is 0 Å². The lowest BCUT2D eigenvalue weighted by Gasteiger charge is -2.21. The molecule has 0 aliphatic carbocycles. The van der Waals surface area contributed by atoms with Gasteiger partial charge in [0, 0.05) is 37.9 Å². The van der Waals surface area contributed by atoms with E-state index in [4.69, 9.17) is 0 Å². The van der Waals surface area contributed by atoms with E-state index in [1.165, 1.54) is 0 Å². The molecule has 0 radical (unpaired) electrons. The average Bonchev–Trinajstić information content (AvgIpc) is 2.61. The molecule has 2 N–H and O–H groups in total. The van der Waals surface area contributed by atoms with Crippen molar-refractivity contribution in [1.29, 1.82) is 0 Å². The van der Waals surface area contributed by atoms with Crippen LogP contribution in [0.2, 0.25) is 0 Å². The molecule has 0 fully saturated rings. The molecule has 0 bridgehead atoms. The Morgan fingerprint density at radius 2 is 2.17 bits per heavy atom. The smallest absolute Gasteiger partial charge is 0.221 e. The summed E-state index contributed by atoms with van der Waals surface area (Å²) in [6.45, 7) is 8.64. The molecular weight excluding hydrogens is 228 g/mol. The molecule has 1 atom stereocenters. The van der Waals surface area contributed by atoms with Crippen LogP contribution >= 0.6 is 0 Å². The molecule has 0 aromatic carbocycles. The first-order valence-corrected chi connectivity index (χ1v) is 6.31. The molecule has 0 aliphatic rings. The summed E-state index contributed by atoms with van der Waals surface area (Å²) in [7, 11) is 1.97. The van der Waals surface area contributed by atoms with Gasteiger partial charge in [-0.3, -0.25) is 4.79 Å². The predicted octanol–water partition coefficient (Wildman–Crippen LogP) is 1.38. The van der Waals surface area contributed by atoms with Gasteiger partial charge in [0.25, 0.3) is 0 Å². The Kier molecular flexibility index (Phi) is 4.90. The second-order valence-electron chi connectivity index (χ2n) is 5.62. The molecule has 1 aromatic heterocycles. The minimum absolute atomic E-state index is 0.0713. The van der Waals surface area contributed by atoms with Gasteiger partial charge < -0.3 is 15.2 Å². The zero-order chi connectivity index (χ0) is 13.8. The minimum Gasteiger partial charge on any atom is -0.351 e. The van der Waals surface area contributed by atoms with Crippen LogP contribution in [0.1, 0.15) is 46.0 Å². The number of imidazole rings is 1. The van der Waals surface area contributed by atoms with E-state index in [-0.39, 0.29) is 17.5 Å². The van der Waals surface area contributed by atoms with Crippen LogP contribution in [0.25, 0.3) is 0 Å². The quantitative estimate of drug-likeness (QED) is 0.832. The third-order valence-electron chi connectivity index (χ3n) is 2.56. The largest absolute Gasteiger partial charge is 0.351 e. The molecule has 0 aliphatic heterocycles. The van der Waals surface area contributed by atoms with Gasteiger partial charge in [0.2, 0.25) is 5.91 Å². The van der Waals surface area contributed by atoms with Crippen LogP contribution in [0.5, 0.6) is 0 Å². The first kappa shape index (κ1) is 14.7. The highest BCUT2D eigenvalue weighted by Gasteiger charge is 2.14. The van der Waals surface area contributed by atoms with E-state index in [0.717, 1.165) is 5.82 Å². The standard InChI is InChI=1S/C13H24N4O/c1-10(12-15-8-9-17(12)5)14-7-6-11(18)16-13(2,3)4/h8-10,14H,6-7H2,1-5H3,(H,16,18). The summed E-state index contributed by atoms with van der Waals surface area (Å²) in [5, 5.41) is 6.24. The molecule has 102 valence electrons. The van der Waals surface area contributed by atoms with Crippen LogP contribution in [0.15, 0.2) is 12.4 Å². The molecule has 1 rings (SSSR count). The molecule has 1 heterocycles. The number of amides is 1. The van der Waals surface area contributed by atoms with Crippen molar-refractivity contribution in [2.75, 3.05) is 6.54 Å². The number of carbonyl (C=O) groups is 1. The van der Waals surface area contributed by atoms with Gasteiger partial charge in [-0.05, 0) is 27.7 Å². The molecule has 5 nitrogen and oxygen atoms in total. The maximum absolute atomic E-state index is 11.6. The summed E-state index contributed by atoms with van der Waals surface area (Å²) in [6.07, 6.45) is 4.17. The van der Waals surface area contributed by atoms with Gasteiger partial charge in [0.1, 0.15) is 5.82 Å². The van der Waals surface area contributed by atoms with Gasteiger partial charge >= 0.3 is 0 Å². The molecule has 5 heteroatoms. The van der Waals surface area contributed by atoms with Crippen LogP contribution in [0.3, 0.4) is 0 Å². The summed E-state index contributed by atoms with van der Waals surface area (Å²) in [5.41, 5.74) is -0.164. The number of rotatable bonds is 5. The topological polar surface area (TPSA) is 59.0 Å². The third-order valence-corrected chi connectivity index (χ3v) is 2.56. The fourth-order valence-corrected chi connectivity index (χ4v) is 1.77. The Bertz CT molecular complexity index is 392. The summed E-state index contributed by atoms with van der Waals surface area (Å²) < 4.78 is 1.98. The van der Waals surface area contributed by atoms with Gasteiger partial charge in [-0.25, -0.2) is 4.98 Å². The number of aromatic nitrogens is 2. The second-order valence-corrected chi connectivity index (χ2v) is 5.62. The van der Waals surface area contributed by atoms with Gasteiger partial charge in [-0.15, -0.1) is 0 Å². The number of nitrogens with one attached hydrogen (secondary N) is 2. The molecule has 0 saturated heterocycles. The van der Waals surface area contributed by atoms with Crippen molar-refractivity contribution in [1.82, 2.24) is 20.2 Å². The lowest BCUT2D eigenvalue weighted by atomic mass is 10.1. The van der Waals surface area contributed by atoms with E-state index in [9.17, 15) is 4.79 Å². The summed E-state index contributed by atoms with van der Waals surface area (Å²) in [5.74, 6) is 1.05. The highest BCUT2D eigenvalue weighted by atomic mass is 16.1. The fraction of sp³-hybridized carbons (Fsp3) is 0.692. The van der Waals surface area contributed by atoms with Crippen molar-refractivity contribution >= 4 is 5.91 Å². The Balaban J connectivity index is 2.30. The fourth-order valence-electron chi connectivity index (χ4n) is 1.77. The second kappa shape index (κ2) is 6.00. The van der Waals surface area contributed by atoms with Crippen molar-refractivity contribution in [2.24, 2.45) is 7.05 Å². The minimum atomic E-state index is -0.164. The Morgan fingerprint density at radius 1 is 1.50 bits per heavy atom. The van der Waals surface area contributed by atoms with E-state index < -0.39 is 0 Å². The van der Waals surface area contributed by atoms with Gasteiger partial charge in [0.05, 0.1) is 6.04 Å². The highest BCUT2D eigenvalue weighted by molar-refractivity contribution is 5.76. The number of nitrogens with zero attached hydrogens (tertiary/aromatic N) is 2. The molecule has 18 heavy (non-hydrogen) atoms. The van der Waals surface area contributed by atoms with Crippen molar-refractivity contribution in [2.45, 2.75) is 45.7 Å². The molecular formula is C13H24N4O. The van der Waals surface area contributed by atoms with Crippen LogP contribution in [0, 0.1) is 0 Å². The Morgan fingerprint density at radius 3 is 2.67 bits per heavy atom. The molecule has 0 saturated carbocycles. The molecule has 0 spiro atoms. The van der Waals surface area contributed by atoms with Crippen molar-refractivity contribution in [3.63, 3.8) is 0 Å². The average molecular weight is 252 g/mol. The Labute approximate surface area is 109 Å². The summed E-state index contributed by atoms with van der Waals surface area (Å²) in [4.78, 5) is 15.9. The first-order valence-electron chi connectivity index (χ1n) is 6.31. The van der Waals surface area contributed by atoms with Gasteiger partial charge in [-0.2, -0.15) is 0 Å². The lowest BCUT2D eigenvalue weighted by Crippen LogP contribution is -2.41. The van der Waals surface area contributed by atoms with Crippen molar-refractivity contribution in [3.8, 4) is 0 Å². The molecule has 1 aromatic rings. The maximum atomic E-state index is 11.6. The van der Waals surface area contributed by atoms with Crippen LogP contribution in [0.4, 0.5) is 0 Å². The normalized spacial score (nSPS) is 13.4. The summed E-state index contributed by atoms with van der Waals surface area (Å²) >= 11 is 0. The van der Waals surface area contributed by atoms with E-state index in [0.29, 0.717) is 13.0 Å². The van der Waals surface area contributed by atoms with Gasteiger partial charge in [-0.1, -0.05) is 0 Å². The monoisotopic (exact) mass is 252 g/mol. The lowest BCUT2D eigenvalue weighted by molar-refractivity contribution is -0.122. The van der Waals surface area contributed by atoms with Crippen molar-refractivity contribution < 1.29 is 4.79 Å².